The topological polar surface area (TPSA) is 87.8 Å². The molecule has 0 amide bonds. The molecule has 6 nitrogen and oxygen atoms in total. The standard InChI is InChI=1S/C24H22N4O2S/c1-2-28-23-13-6-5-12-22(23)26-24(28)15-14-19-9-3-4-11-21(19)27-31(29,30)20-10-7-8-18(16-20)17-25/h3-13,16,27H,2,14-15H2,1H3. The van der Waals surface area contributed by atoms with E-state index in [9.17, 15) is 8.42 Å². The summed E-state index contributed by atoms with van der Waals surface area (Å²) in [6.45, 7) is 2.91. The van der Waals surface area contributed by atoms with Gasteiger partial charge in [0.05, 0.1) is 33.2 Å². The Hall–Kier alpha value is -3.63. The predicted molar refractivity (Wildman–Crippen MR) is 121 cm³/mol. The Morgan fingerprint density at radius 3 is 2.58 bits per heavy atom. The first-order valence-electron chi connectivity index (χ1n) is 10.1. The fourth-order valence-electron chi connectivity index (χ4n) is 3.69. The largest absolute Gasteiger partial charge is 0.328 e. The third-order valence-electron chi connectivity index (χ3n) is 5.20. The highest BCUT2D eigenvalue weighted by molar-refractivity contribution is 7.92. The second kappa shape index (κ2) is 8.62. The molecule has 1 N–H and O–H groups in total. The van der Waals surface area contributed by atoms with Crippen molar-refractivity contribution in [2.75, 3.05) is 4.72 Å². The molecule has 7 heteroatoms. The van der Waals surface area contributed by atoms with Crippen LogP contribution in [-0.2, 0) is 29.4 Å². The lowest BCUT2D eigenvalue weighted by Gasteiger charge is -2.13. The highest BCUT2D eigenvalue weighted by Gasteiger charge is 2.17. The molecule has 0 radical (unpaired) electrons. The molecule has 0 fully saturated rings. The average molecular weight is 431 g/mol. The summed E-state index contributed by atoms with van der Waals surface area (Å²) in [7, 11) is -3.81. The number of imidazole rings is 1. The van der Waals surface area contributed by atoms with Gasteiger partial charge in [-0.3, -0.25) is 4.72 Å². The average Bonchev–Trinajstić information content (AvgIpc) is 3.15. The minimum atomic E-state index is -3.81. The highest BCUT2D eigenvalue weighted by Crippen LogP contribution is 2.23. The van der Waals surface area contributed by atoms with Gasteiger partial charge in [-0.15, -0.1) is 0 Å². The molecule has 0 bridgehead atoms. The maximum atomic E-state index is 12.9. The molecule has 31 heavy (non-hydrogen) atoms. The molecule has 0 aliphatic rings. The second-order valence-electron chi connectivity index (χ2n) is 7.16. The van der Waals surface area contributed by atoms with E-state index in [0.29, 0.717) is 24.1 Å². The molecule has 3 aromatic carbocycles. The molecular weight excluding hydrogens is 408 g/mol. The highest BCUT2D eigenvalue weighted by atomic mass is 32.2. The van der Waals surface area contributed by atoms with Crippen LogP contribution in [0.4, 0.5) is 5.69 Å². The first-order valence-corrected chi connectivity index (χ1v) is 11.5. The minimum absolute atomic E-state index is 0.0640. The fraction of sp³-hybridized carbons (Fsp3) is 0.167. The van der Waals surface area contributed by atoms with Crippen LogP contribution in [0, 0.1) is 11.3 Å². The van der Waals surface area contributed by atoms with Crippen molar-refractivity contribution >= 4 is 26.7 Å². The summed E-state index contributed by atoms with van der Waals surface area (Å²) in [5, 5.41) is 9.06. The van der Waals surface area contributed by atoms with E-state index >= 15 is 0 Å². The minimum Gasteiger partial charge on any atom is -0.328 e. The number of rotatable bonds is 7. The van der Waals surface area contributed by atoms with Gasteiger partial charge >= 0.3 is 0 Å². The van der Waals surface area contributed by atoms with Gasteiger partial charge in [-0.2, -0.15) is 5.26 Å². The Morgan fingerprint density at radius 2 is 1.77 bits per heavy atom. The van der Waals surface area contributed by atoms with Crippen LogP contribution in [0.5, 0.6) is 0 Å². The first kappa shape index (κ1) is 20.6. The molecular formula is C24H22N4O2S. The molecule has 0 aliphatic heterocycles. The number of hydrogen-bond donors (Lipinski definition) is 1. The third-order valence-corrected chi connectivity index (χ3v) is 6.57. The van der Waals surface area contributed by atoms with E-state index in [1.54, 1.807) is 24.3 Å². The first-order chi connectivity index (χ1) is 15.0. The Bertz CT molecular complexity index is 1380. The summed E-state index contributed by atoms with van der Waals surface area (Å²) in [6, 6.07) is 23.4. The van der Waals surface area contributed by atoms with Crippen molar-refractivity contribution in [3.63, 3.8) is 0 Å². The smallest absolute Gasteiger partial charge is 0.261 e. The zero-order chi connectivity index (χ0) is 21.8. The summed E-state index contributed by atoms with van der Waals surface area (Å²) in [5.41, 5.74) is 3.79. The van der Waals surface area contributed by atoms with Crippen LogP contribution in [-0.4, -0.2) is 18.0 Å². The van der Waals surface area contributed by atoms with Gasteiger partial charge < -0.3 is 4.57 Å². The number of nitrogens with one attached hydrogen (secondary N) is 1. The Balaban J connectivity index is 1.59. The normalized spacial score (nSPS) is 11.4. The van der Waals surface area contributed by atoms with E-state index < -0.39 is 10.0 Å². The number of sulfonamides is 1. The molecule has 0 atom stereocenters. The number of nitriles is 1. The van der Waals surface area contributed by atoms with E-state index in [0.717, 1.165) is 29.0 Å². The van der Waals surface area contributed by atoms with Gasteiger partial charge in [-0.05, 0) is 55.3 Å². The zero-order valence-corrected chi connectivity index (χ0v) is 17.9. The van der Waals surface area contributed by atoms with Crippen molar-refractivity contribution in [3.05, 3.63) is 89.7 Å². The number of benzene rings is 3. The molecule has 0 spiro atoms. The van der Waals surface area contributed by atoms with Crippen molar-refractivity contribution in [3.8, 4) is 6.07 Å². The SMILES string of the molecule is CCn1c(CCc2ccccc2NS(=O)(=O)c2cccc(C#N)c2)nc2ccccc21. The van der Waals surface area contributed by atoms with Crippen molar-refractivity contribution in [1.82, 2.24) is 9.55 Å². The lowest BCUT2D eigenvalue weighted by Crippen LogP contribution is -2.15. The van der Waals surface area contributed by atoms with Gasteiger partial charge in [0.1, 0.15) is 5.82 Å². The van der Waals surface area contributed by atoms with Crippen LogP contribution in [0.15, 0.2) is 77.7 Å². The molecule has 1 aromatic heterocycles. The molecule has 0 unspecified atom stereocenters. The monoisotopic (exact) mass is 430 g/mol. The maximum Gasteiger partial charge on any atom is 0.261 e. The van der Waals surface area contributed by atoms with Crippen molar-refractivity contribution < 1.29 is 8.42 Å². The van der Waals surface area contributed by atoms with Crippen molar-refractivity contribution in [1.29, 1.82) is 5.26 Å². The molecule has 0 aliphatic carbocycles. The zero-order valence-electron chi connectivity index (χ0n) is 17.1. The molecule has 0 saturated carbocycles. The Labute approximate surface area is 181 Å². The summed E-state index contributed by atoms with van der Waals surface area (Å²) < 4.78 is 30.6. The second-order valence-corrected chi connectivity index (χ2v) is 8.85. The quantitative estimate of drug-likeness (QED) is 0.467. The van der Waals surface area contributed by atoms with Gasteiger partial charge in [0.25, 0.3) is 10.0 Å². The van der Waals surface area contributed by atoms with Gasteiger partial charge in [0.15, 0.2) is 0 Å². The van der Waals surface area contributed by atoms with Crippen molar-refractivity contribution in [2.45, 2.75) is 31.2 Å². The summed E-state index contributed by atoms with van der Waals surface area (Å²) in [6.07, 6.45) is 1.32. The number of fused-ring (bicyclic) bond motifs is 1. The van der Waals surface area contributed by atoms with E-state index in [2.05, 4.69) is 22.3 Å². The number of anilines is 1. The molecule has 1 heterocycles. The number of hydrogen-bond acceptors (Lipinski definition) is 4. The summed E-state index contributed by atoms with van der Waals surface area (Å²) >= 11 is 0. The number of aryl methyl sites for hydroxylation is 3. The predicted octanol–water partition coefficient (Wildman–Crippen LogP) is 4.51. The molecule has 0 saturated heterocycles. The van der Waals surface area contributed by atoms with Crippen LogP contribution in [0.25, 0.3) is 11.0 Å². The molecule has 4 aromatic rings. The molecule has 156 valence electrons. The van der Waals surface area contributed by atoms with Crippen molar-refractivity contribution in [2.24, 2.45) is 0 Å². The van der Waals surface area contributed by atoms with Crippen LogP contribution >= 0.6 is 0 Å². The summed E-state index contributed by atoms with van der Waals surface area (Å²) in [5.74, 6) is 0.975. The summed E-state index contributed by atoms with van der Waals surface area (Å²) in [4.78, 5) is 4.83. The Kier molecular flexibility index (Phi) is 5.74. The van der Waals surface area contributed by atoms with E-state index in [1.165, 1.54) is 12.1 Å². The van der Waals surface area contributed by atoms with E-state index in [-0.39, 0.29) is 4.90 Å². The van der Waals surface area contributed by atoms with Crippen LogP contribution in [0.3, 0.4) is 0 Å². The number of para-hydroxylation sites is 3. The van der Waals surface area contributed by atoms with Gasteiger partial charge in [0, 0.05) is 13.0 Å². The Morgan fingerprint density at radius 1 is 1.00 bits per heavy atom. The number of aromatic nitrogens is 2. The van der Waals surface area contributed by atoms with E-state index in [1.807, 2.05) is 36.4 Å². The lowest BCUT2D eigenvalue weighted by molar-refractivity contribution is 0.601. The number of nitrogens with zero attached hydrogens (tertiary/aromatic N) is 3. The van der Waals surface area contributed by atoms with Crippen LogP contribution in [0.1, 0.15) is 23.9 Å². The van der Waals surface area contributed by atoms with Gasteiger partial charge in [-0.1, -0.05) is 36.4 Å². The van der Waals surface area contributed by atoms with Gasteiger partial charge in [0.2, 0.25) is 0 Å². The van der Waals surface area contributed by atoms with Crippen LogP contribution < -0.4 is 4.72 Å². The van der Waals surface area contributed by atoms with Gasteiger partial charge in [-0.25, -0.2) is 13.4 Å². The third kappa shape index (κ3) is 4.30. The van der Waals surface area contributed by atoms with E-state index in [4.69, 9.17) is 10.2 Å². The molecule has 4 rings (SSSR count). The van der Waals surface area contributed by atoms with Crippen LogP contribution in [0.2, 0.25) is 0 Å². The lowest BCUT2D eigenvalue weighted by atomic mass is 10.1. The maximum absolute atomic E-state index is 12.9. The fourth-order valence-corrected chi connectivity index (χ4v) is 4.84.